The number of nitrogen functional groups attached to an aromatic ring is 1. The van der Waals surface area contributed by atoms with Crippen molar-refractivity contribution in [2.75, 3.05) is 12.8 Å². The summed E-state index contributed by atoms with van der Waals surface area (Å²) in [6, 6.07) is 7.77. The molecule has 5 atom stereocenters. The molecule has 1 aromatic carbocycles. The van der Waals surface area contributed by atoms with Gasteiger partial charge in [0.15, 0.2) is 0 Å². The zero-order valence-corrected chi connectivity index (χ0v) is 13.5. The highest BCUT2D eigenvalue weighted by Gasteiger charge is 2.62. The summed E-state index contributed by atoms with van der Waals surface area (Å²) < 4.78 is 4.99. The van der Waals surface area contributed by atoms with Crippen molar-refractivity contribution in [1.82, 2.24) is 0 Å². The lowest BCUT2D eigenvalue weighted by Gasteiger charge is -2.60. The summed E-state index contributed by atoms with van der Waals surface area (Å²) >= 11 is 0. The molecule has 4 heteroatoms. The molecule has 0 radical (unpaired) electrons. The lowest BCUT2D eigenvalue weighted by molar-refractivity contribution is -0.157. The number of esters is 1. The second kappa shape index (κ2) is 5.08. The number of ether oxygens (including phenoxy) is 1. The number of Topliss-reactive ketones (excluding diaryl/α,β-unsaturated/α-hetero) is 1. The van der Waals surface area contributed by atoms with Crippen molar-refractivity contribution in [1.29, 1.82) is 0 Å². The van der Waals surface area contributed by atoms with E-state index in [-0.39, 0.29) is 17.8 Å². The predicted molar refractivity (Wildman–Crippen MR) is 86.6 cm³/mol. The number of carbonyl (C=O) groups is 2. The Morgan fingerprint density at radius 1 is 1.22 bits per heavy atom. The van der Waals surface area contributed by atoms with E-state index < -0.39 is 5.41 Å². The molecule has 1 aromatic rings. The number of nitrogens with two attached hydrogens (primary N) is 1. The minimum atomic E-state index is -0.398. The number of benzene rings is 1. The number of hydrogen-bond acceptors (Lipinski definition) is 4. The molecule has 0 saturated heterocycles. The molecule has 4 saturated carbocycles. The summed E-state index contributed by atoms with van der Waals surface area (Å²) in [5.74, 6) is 1.38. The van der Waals surface area contributed by atoms with E-state index in [9.17, 15) is 9.59 Å². The van der Waals surface area contributed by atoms with Crippen LogP contribution in [0.4, 0.5) is 5.69 Å². The third kappa shape index (κ3) is 2.03. The fourth-order valence-electron chi connectivity index (χ4n) is 5.68. The molecule has 0 aromatic heterocycles. The Morgan fingerprint density at radius 2 is 1.96 bits per heavy atom. The number of methoxy groups -OCH3 is 1. The largest absolute Gasteiger partial charge is 0.469 e. The van der Waals surface area contributed by atoms with E-state index in [0.29, 0.717) is 29.7 Å². The number of rotatable bonds is 3. The molecule has 122 valence electrons. The van der Waals surface area contributed by atoms with Gasteiger partial charge in [-0.1, -0.05) is 12.1 Å². The minimum absolute atomic E-state index is 0.0403. The first-order chi connectivity index (χ1) is 11.0. The molecule has 23 heavy (non-hydrogen) atoms. The number of hydrogen-bond donors (Lipinski definition) is 1. The summed E-state index contributed by atoms with van der Waals surface area (Å²) in [7, 11) is 1.43. The first-order valence-corrected chi connectivity index (χ1v) is 8.51. The van der Waals surface area contributed by atoms with E-state index in [2.05, 4.69) is 0 Å². The monoisotopic (exact) mass is 313 g/mol. The molecule has 0 heterocycles. The van der Waals surface area contributed by atoms with Crippen LogP contribution in [0.25, 0.3) is 0 Å². The van der Waals surface area contributed by atoms with Crippen LogP contribution in [0.1, 0.15) is 37.7 Å². The minimum Gasteiger partial charge on any atom is -0.469 e. The second-order valence-corrected chi connectivity index (χ2v) is 7.57. The molecule has 0 aliphatic heterocycles. The van der Waals surface area contributed by atoms with Crippen LogP contribution < -0.4 is 5.73 Å². The van der Waals surface area contributed by atoms with Gasteiger partial charge in [-0.15, -0.1) is 0 Å². The highest BCUT2D eigenvalue weighted by Crippen LogP contribution is 2.62. The molecule has 0 spiro atoms. The van der Waals surface area contributed by atoms with Gasteiger partial charge in [0.25, 0.3) is 0 Å². The van der Waals surface area contributed by atoms with Gasteiger partial charge in [0.05, 0.1) is 13.5 Å². The molecular formula is C19H23NO3. The Labute approximate surface area is 136 Å². The van der Waals surface area contributed by atoms with Crippen LogP contribution in [-0.2, 0) is 19.7 Å². The average molecular weight is 313 g/mol. The maximum atomic E-state index is 12.9. The summed E-state index contributed by atoms with van der Waals surface area (Å²) in [4.78, 5) is 25.1. The predicted octanol–water partition coefficient (Wildman–Crippen LogP) is 2.70. The van der Waals surface area contributed by atoms with Gasteiger partial charge in [-0.2, -0.15) is 0 Å². The maximum Gasteiger partial charge on any atom is 0.306 e. The molecule has 4 unspecified atom stereocenters. The first-order valence-electron chi connectivity index (χ1n) is 8.51. The van der Waals surface area contributed by atoms with Crippen molar-refractivity contribution in [3.63, 3.8) is 0 Å². The summed E-state index contributed by atoms with van der Waals surface area (Å²) in [5.41, 5.74) is 7.23. The first kappa shape index (κ1) is 14.7. The molecule has 4 aliphatic rings. The van der Waals surface area contributed by atoms with Crippen LogP contribution in [0.3, 0.4) is 0 Å². The van der Waals surface area contributed by atoms with Gasteiger partial charge in [-0.3, -0.25) is 9.59 Å². The van der Waals surface area contributed by atoms with E-state index in [0.717, 1.165) is 31.2 Å². The van der Waals surface area contributed by atoms with Crippen molar-refractivity contribution >= 4 is 17.4 Å². The molecular weight excluding hydrogens is 290 g/mol. The molecule has 4 nitrogen and oxygen atoms in total. The van der Waals surface area contributed by atoms with Crippen molar-refractivity contribution in [3.8, 4) is 0 Å². The number of carbonyl (C=O) groups excluding carboxylic acids is 2. The Bertz CT molecular complexity index is 653. The van der Waals surface area contributed by atoms with Gasteiger partial charge in [-0.05, 0) is 55.2 Å². The van der Waals surface area contributed by atoms with Gasteiger partial charge in [-0.25, -0.2) is 0 Å². The van der Waals surface area contributed by atoms with Crippen molar-refractivity contribution in [2.24, 2.45) is 23.7 Å². The lowest BCUT2D eigenvalue weighted by Crippen LogP contribution is -2.60. The Kier molecular flexibility index (Phi) is 3.26. The maximum absolute atomic E-state index is 12.9. The van der Waals surface area contributed by atoms with E-state index >= 15 is 0 Å². The van der Waals surface area contributed by atoms with Gasteiger partial charge >= 0.3 is 5.97 Å². The molecule has 4 bridgehead atoms. The molecule has 2 N–H and O–H groups in total. The topological polar surface area (TPSA) is 69.4 Å². The summed E-state index contributed by atoms with van der Waals surface area (Å²) in [6.45, 7) is 0. The summed E-state index contributed by atoms with van der Waals surface area (Å²) in [6.07, 6.45) is 4.33. The fraction of sp³-hybridized carbons (Fsp3) is 0.579. The Balaban J connectivity index is 1.84. The van der Waals surface area contributed by atoms with E-state index in [1.807, 2.05) is 24.3 Å². The highest BCUT2D eigenvalue weighted by molar-refractivity contribution is 5.89. The molecule has 5 rings (SSSR count). The van der Waals surface area contributed by atoms with Crippen LogP contribution in [0.5, 0.6) is 0 Å². The number of anilines is 1. The van der Waals surface area contributed by atoms with Crippen LogP contribution in [0, 0.1) is 23.7 Å². The van der Waals surface area contributed by atoms with E-state index in [4.69, 9.17) is 10.5 Å². The number of ketones is 1. The average Bonchev–Trinajstić information content (AvgIpc) is 2.55. The fourth-order valence-corrected chi connectivity index (χ4v) is 5.68. The van der Waals surface area contributed by atoms with Gasteiger partial charge in [0.2, 0.25) is 0 Å². The molecule has 4 aliphatic carbocycles. The normalized spacial score (nSPS) is 37.9. The summed E-state index contributed by atoms with van der Waals surface area (Å²) in [5, 5.41) is 0. The third-order valence-corrected chi connectivity index (χ3v) is 6.58. The van der Waals surface area contributed by atoms with Crippen LogP contribution >= 0.6 is 0 Å². The SMILES string of the molecule is COC(=O)C[C@@]1(c2ccc(N)cc2)C2CC3CC(C2)C(=O)C1C3. The highest BCUT2D eigenvalue weighted by atomic mass is 16.5. The molecule has 4 fully saturated rings. The zero-order chi connectivity index (χ0) is 16.2. The van der Waals surface area contributed by atoms with Gasteiger partial charge in [0, 0.05) is 22.9 Å². The standard InChI is InChI=1S/C19H23NO3/c1-23-17(21)10-19(13-2-4-15(20)5-3-13)14-7-11-6-12(9-14)18(22)16(19)8-11/h2-5,11-12,14,16H,6-10,20H2,1H3/t11?,12?,14?,16?,19-/m1/s1. The van der Waals surface area contributed by atoms with E-state index in [1.165, 1.54) is 7.11 Å². The van der Waals surface area contributed by atoms with Crippen LogP contribution in [-0.4, -0.2) is 18.9 Å². The van der Waals surface area contributed by atoms with Crippen molar-refractivity contribution < 1.29 is 14.3 Å². The van der Waals surface area contributed by atoms with Crippen molar-refractivity contribution in [3.05, 3.63) is 29.8 Å². The Morgan fingerprint density at radius 3 is 2.65 bits per heavy atom. The second-order valence-electron chi connectivity index (χ2n) is 7.57. The quantitative estimate of drug-likeness (QED) is 0.688. The van der Waals surface area contributed by atoms with Crippen LogP contribution in [0.2, 0.25) is 0 Å². The van der Waals surface area contributed by atoms with Gasteiger partial charge < -0.3 is 10.5 Å². The lowest BCUT2D eigenvalue weighted by atomic mass is 9.42. The smallest absolute Gasteiger partial charge is 0.306 e. The van der Waals surface area contributed by atoms with Gasteiger partial charge in [0.1, 0.15) is 5.78 Å². The third-order valence-electron chi connectivity index (χ3n) is 6.58. The van der Waals surface area contributed by atoms with Crippen LogP contribution in [0.15, 0.2) is 24.3 Å². The Hall–Kier alpha value is -1.84. The van der Waals surface area contributed by atoms with Crippen molar-refractivity contribution in [2.45, 2.75) is 37.5 Å². The van der Waals surface area contributed by atoms with E-state index in [1.54, 1.807) is 0 Å². The zero-order valence-electron chi connectivity index (χ0n) is 13.5. The molecule has 0 amide bonds.